The minimum absolute atomic E-state index is 0.0676. The van der Waals surface area contributed by atoms with Gasteiger partial charge in [-0.05, 0) is 37.1 Å². The molecule has 3 rings (SSSR count). The molecule has 0 unspecified atom stereocenters. The van der Waals surface area contributed by atoms with Crippen LogP contribution in [0.5, 0.6) is 0 Å². The number of nitrogens with one attached hydrogen (secondary N) is 1. The lowest BCUT2D eigenvalue weighted by molar-refractivity contribution is 0.182. The molecular formula is C22H24ClFN4O2. The second kappa shape index (κ2) is 8.83. The van der Waals surface area contributed by atoms with Gasteiger partial charge in [-0.2, -0.15) is 5.10 Å². The molecule has 1 aromatic heterocycles. The van der Waals surface area contributed by atoms with Gasteiger partial charge in [-0.3, -0.25) is 4.79 Å². The second-order valence-corrected chi connectivity index (χ2v) is 8.05. The molecule has 3 aromatic rings. The molecule has 0 saturated heterocycles. The van der Waals surface area contributed by atoms with Crippen molar-refractivity contribution in [1.82, 2.24) is 14.7 Å². The van der Waals surface area contributed by atoms with Gasteiger partial charge in [-0.25, -0.2) is 13.9 Å². The van der Waals surface area contributed by atoms with Gasteiger partial charge in [0, 0.05) is 24.7 Å². The number of carbonyl (C=O) groups excluding carboxylic acids is 1. The summed E-state index contributed by atoms with van der Waals surface area (Å²) in [6.07, 6.45) is 0. The van der Waals surface area contributed by atoms with Crippen molar-refractivity contribution in [3.8, 4) is 0 Å². The lowest BCUT2D eigenvalue weighted by Gasteiger charge is -2.31. The molecule has 0 aliphatic carbocycles. The second-order valence-electron chi connectivity index (χ2n) is 7.64. The molecule has 6 nitrogen and oxygen atoms in total. The summed E-state index contributed by atoms with van der Waals surface area (Å²) in [7, 11) is 1.60. The van der Waals surface area contributed by atoms with Crippen LogP contribution >= 0.6 is 11.6 Å². The molecule has 0 fully saturated rings. The van der Waals surface area contributed by atoms with Crippen LogP contribution in [0.2, 0.25) is 5.02 Å². The van der Waals surface area contributed by atoms with E-state index in [1.807, 2.05) is 32.9 Å². The third kappa shape index (κ3) is 4.46. The Morgan fingerprint density at radius 2 is 1.87 bits per heavy atom. The van der Waals surface area contributed by atoms with Gasteiger partial charge in [0.25, 0.3) is 5.56 Å². The van der Waals surface area contributed by atoms with E-state index < -0.39 is 11.9 Å². The maximum absolute atomic E-state index is 13.4. The molecule has 1 heterocycles. The third-order valence-corrected chi connectivity index (χ3v) is 5.13. The predicted octanol–water partition coefficient (Wildman–Crippen LogP) is 4.98. The van der Waals surface area contributed by atoms with Crippen LogP contribution in [0, 0.1) is 11.7 Å². The van der Waals surface area contributed by atoms with Crippen molar-refractivity contribution >= 4 is 34.1 Å². The molecule has 30 heavy (non-hydrogen) atoms. The summed E-state index contributed by atoms with van der Waals surface area (Å²) in [5.41, 5.74) is 0.827. The predicted molar refractivity (Wildman–Crippen MR) is 117 cm³/mol. The van der Waals surface area contributed by atoms with Crippen molar-refractivity contribution in [3.63, 3.8) is 0 Å². The topological polar surface area (TPSA) is 67.2 Å². The quantitative estimate of drug-likeness (QED) is 0.620. The lowest BCUT2D eigenvalue weighted by atomic mass is 10.0. The number of benzene rings is 2. The average Bonchev–Trinajstić information content (AvgIpc) is 2.71. The Labute approximate surface area is 179 Å². The SMILES string of the molecule is CC(C)CN(C(=O)Nc1ccc(F)c(Cl)c1)[C@@H](C)c1nn(C)c(=O)c2ccccc12. The van der Waals surface area contributed by atoms with Gasteiger partial charge < -0.3 is 10.2 Å². The Kier molecular flexibility index (Phi) is 6.41. The molecule has 2 amide bonds. The Morgan fingerprint density at radius 1 is 1.20 bits per heavy atom. The van der Waals surface area contributed by atoms with Crippen LogP contribution in [-0.4, -0.2) is 27.3 Å². The summed E-state index contributed by atoms with van der Waals surface area (Å²) in [6, 6.07) is 10.5. The fourth-order valence-electron chi connectivity index (χ4n) is 3.36. The normalized spacial score (nSPS) is 12.2. The van der Waals surface area contributed by atoms with Crippen molar-refractivity contribution in [2.75, 3.05) is 11.9 Å². The first-order chi connectivity index (χ1) is 14.2. The van der Waals surface area contributed by atoms with Crippen molar-refractivity contribution < 1.29 is 9.18 Å². The number of fused-ring (bicyclic) bond motifs is 1. The minimum atomic E-state index is -0.553. The van der Waals surface area contributed by atoms with Crippen LogP contribution in [0.25, 0.3) is 10.8 Å². The highest BCUT2D eigenvalue weighted by Crippen LogP contribution is 2.27. The monoisotopic (exact) mass is 430 g/mol. The number of aryl methyl sites for hydroxylation is 1. The highest BCUT2D eigenvalue weighted by Gasteiger charge is 2.26. The zero-order chi connectivity index (χ0) is 22.0. The summed E-state index contributed by atoms with van der Waals surface area (Å²) in [5.74, 6) is -0.364. The smallest absolute Gasteiger partial charge is 0.316 e. The molecule has 1 atom stereocenters. The Balaban J connectivity index is 2.00. The van der Waals surface area contributed by atoms with Crippen LogP contribution in [0.3, 0.4) is 0 Å². The number of urea groups is 1. The molecule has 8 heteroatoms. The maximum Gasteiger partial charge on any atom is 0.322 e. The molecule has 158 valence electrons. The molecular weight excluding hydrogens is 407 g/mol. The number of carbonyl (C=O) groups is 1. The number of nitrogens with zero attached hydrogens (tertiary/aromatic N) is 3. The van der Waals surface area contributed by atoms with E-state index in [0.717, 1.165) is 0 Å². The van der Waals surface area contributed by atoms with E-state index in [0.29, 0.717) is 28.7 Å². The van der Waals surface area contributed by atoms with Crippen LogP contribution in [0.4, 0.5) is 14.9 Å². The van der Waals surface area contributed by atoms with E-state index in [-0.39, 0.29) is 22.5 Å². The highest BCUT2D eigenvalue weighted by molar-refractivity contribution is 6.31. The van der Waals surface area contributed by atoms with Gasteiger partial charge >= 0.3 is 6.03 Å². The van der Waals surface area contributed by atoms with Crippen molar-refractivity contribution in [1.29, 1.82) is 0 Å². The maximum atomic E-state index is 13.4. The largest absolute Gasteiger partial charge is 0.322 e. The van der Waals surface area contributed by atoms with Gasteiger partial charge in [-0.15, -0.1) is 0 Å². The Bertz CT molecular complexity index is 1150. The van der Waals surface area contributed by atoms with E-state index in [4.69, 9.17) is 11.6 Å². The van der Waals surface area contributed by atoms with Crippen LogP contribution in [-0.2, 0) is 7.05 Å². The van der Waals surface area contributed by atoms with E-state index in [9.17, 15) is 14.0 Å². The standard InChI is InChI=1S/C22H24ClFN4O2/c1-13(2)12-28(22(30)25-15-9-10-19(24)18(23)11-15)14(3)20-16-7-5-6-8-17(16)21(29)27(4)26-20/h5-11,13-14H,12H2,1-4H3,(H,25,30)/t14-/m0/s1. The number of hydrogen-bond donors (Lipinski definition) is 1. The van der Waals surface area contributed by atoms with Crippen LogP contribution < -0.4 is 10.9 Å². The fourth-order valence-corrected chi connectivity index (χ4v) is 3.54. The first-order valence-electron chi connectivity index (χ1n) is 9.67. The highest BCUT2D eigenvalue weighted by atomic mass is 35.5. The third-order valence-electron chi connectivity index (χ3n) is 4.84. The minimum Gasteiger partial charge on any atom is -0.316 e. The van der Waals surface area contributed by atoms with Crippen LogP contribution in [0.15, 0.2) is 47.3 Å². The summed E-state index contributed by atoms with van der Waals surface area (Å²) in [6.45, 7) is 6.35. The first kappa shape index (κ1) is 21.8. The van der Waals surface area contributed by atoms with Gasteiger partial charge in [0.15, 0.2) is 0 Å². The number of anilines is 1. The molecule has 0 saturated carbocycles. The summed E-state index contributed by atoms with van der Waals surface area (Å²) < 4.78 is 14.7. The number of aromatic nitrogens is 2. The number of halogens is 2. The van der Waals surface area contributed by atoms with Crippen molar-refractivity contribution in [2.24, 2.45) is 13.0 Å². The van der Waals surface area contributed by atoms with Crippen molar-refractivity contribution in [3.05, 3.63) is 69.4 Å². The zero-order valence-electron chi connectivity index (χ0n) is 17.3. The average molecular weight is 431 g/mol. The molecule has 0 aliphatic heterocycles. The lowest BCUT2D eigenvalue weighted by Crippen LogP contribution is -2.40. The molecule has 2 aromatic carbocycles. The Hall–Kier alpha value is -2.93. The van der Waals surface area contributed by atoms with Crippen LogP contribution in [0.1, 0.15) is 32.5 Å². The van der Waals surface area contributed by atoms with E-state index in [2.05, 4.69) is 10.4 Å². The van der Waals surface area contributed by atoms with E-state index in [1.54, 1.807) is 24.1 Å². The van der Waals surface area contributed by atoms with Gasteiger partial charge in [-0.1, -0.05) is 43.6 Å². The van der Waals surface area contributed by atoms with Gasteiger partial charge in [0.1, 0.15) is 5.82 Å². The van der Waals surface area contributed by atoms with Gasteiger partial charge in [0.2, 0.25) is 0 Å². The first-order valence-corrected chi connectivity index (χ1v) is 10.1. The Morgan fingerprint density at radius 3 is 2.50 bits per heavy atom. The summed E-state index contributed by atoms with van der Waals surface area (Å²) in [4.78, 5) is 27.2. The zero-order valence-corrected chi connectivity index (χ0v) is 18.1. The molecule has 0 spiro atoms. The fraction of sp³-hybridized carbons (Fsp3) is 0.318. The summed E-state index contributed by atoms with van der Waals surface area (Å²) in [5, 5.41) is 8.42. The number of rotatable bonds is 5. The van der Waals surface area contributed by atoms with E-state index in [1.165, 1.54) is 22.9 Å². The summed E-state index contributed by atoms with van der Waals surface area (Å²) >= 11 is 5.83. The number of amides is 2. The van der Waals surface area contributed by atoms with Gasteiger partial charge in [0.05, 0.1) is 22.1 Å². The van der Waals surface area contributed by atoms with E-state index >= 15 is 0 Å². The molecule has 0 aliphatic rings. The molecule has 0 radical (unpaired) electrons. The number of hydrogen-bond acceptors (Lipinski definition) is 3. The molecule has 1 N–H and O–H groups in total. The molecule has 0 bridgehead atoms. The van der Waals surface area contributed by atoms with Crippen molar-refractivity contribution in [2.45, 2.75) is 26.8 Å².